The van der Waals surface area contributed by atoms with Gasteiger partial charge in [-0.05, 0) is 42.8 Å². The minimum Gasteiger partial charge on any atom is -0.330 e. The van der Waals surface area contributed by atoms with Crippen molar-refractivity contribution in [1.29, 1.82) is 0 Å². The molecule has 0 bridgehead atoms. The van der Waals surface area contributed by atoms with Gasteiger partial charge in [0, 0.05) is 22.8 Å². The maximum Gasteiger partial charge on any atom is 0.272 e. The third-order valence-electron chi connectivity index (χ3n) is 3.51. The fourth-order valence-electron chi connectivity index (χ4n) is 2.51. The second-order valence-electron chi connectivity index (χ2n) is 5.07. The van der Waals surface area contributed by atoms with Gasteiger partial charge in [0.1, 0.15) is 4.90 Å². The van der Waals surface area contributed by atoms with E-state index in [0.29, 0.717) is 24.0 Å². The van der Waals surface area contributed by atoms with E-state index < -0.39 is 10.0 Å². The van der Waals surface area contributed by atoms with E-state index in [1.54, 1.807) is 12.1 Å². The fraction of sp³-hybridized carbons (Fsp3) is 0.133. The number of fused-ring (bicyclic) bond motifs is 1. The van der Waals surface area contributed by atoms with Gasteiger partial charge < -0.3 is 5.73 Å². The van der Waals surface area contributed by atoms with Crippen molar-refractivity contribution in [1.82, 2.24) is 8.96 Å². The molecule has 0 radical (unpaired) electrons. The van der Waals surface area contributed by atoms with E-state index in [1.165, 1.54) is 24.5 Å². The highest BCUT2D eigenvalue weighted by atomic mass is 35.5. The molecule has 0 unspecified atom stereocenters. The van der Waals surface area contributed by atoms with Gasteiger partial charge in [0.15, 0.2) is 5.65 Å². The number of rotatable bonds is 4. The van der Waals surface area contributed by atoms with Gasteiger partial charge in [0.2, 0.25) is 0 Å². The third kappa shape index (κ3) is 2.89. The van der Waals surface area contributed by atoms with E-state index in [1.807, 2.05) is 0 Å². The van der Waals surface area contributed by atoms with Gasteiger partial charge in [-0.15, -0.1) is 0 Å². The molecule has 2 N–H and O–H groups in total. The van der Waals surface area contributed by atoms with Crippen molar-refractivity contribution in [2.75, 3.05) is 6.54 Å². The van der Waals surface area contributed by atoms with Gasteiger partial charge in [-0.1, -0.05) is 34.8 Å². The van der Waals surface area contributed by atoms with Crippen LogP contribution in [0.3, 0.4) is 0 Å². The van der Waals surface area contributed by atoms with Gasteiger partial charge in [0.25, 0.3) is 10.0 Å². The smallest absolute Gasteiger partial charge is 0.272 e. The van der Waals surface area contributed by atoms with Gasteiger partial charge >= 0.3 is 0 Å². The van der Waals surface area contributed by atoms with Gasteiger partial charge in [-0.25, -0.2) is 17.4 Å². The predicted octanol–water partition coefficient (Wildman–Crippen LogP) is 3.73. The van der Waals surface area contributed by atoms with Crippen LogP contribution in [0.25, 0.3) is 11.0 Å². The molecule has 9 heteroatoms. The molecule has 0 aliphatic rings. The summed E-state index contributed by atoms with van der Waals surface area (Å²) in [5.74, 6) is 0. The molecular weight excluding hydrogens is 393 g/mol. The van der Waals surface area contributed by atoms with Crippen LogP contribution in [0.1, 0.15) is 5.56 Å². The summed E-state index contributed by atoms with van der Waals surface area (Å²) in [7, 11) is -4.05. The number of benzene rings is 1. The summed E-state index contributed by atoms with van der Waals surface area (Å²) in [5.41, 5.74) is 6.69. The van der Waals surface area contributed by atoms with Gasteiger partial charge in [-0.3, -0.25) is 0 Å². The van der Waals surface area contributed by atoms with Crippen LogP contribution in [0.4, 0.5) is 0 Å². The standard InChI is InChI=1S/C15H12Cl3N3O2S/c16-10-6-12(17)14(13(18)7-10)24(22,23)21-8-9(3-4-19)11-2-1-5-20-15(11)21/h1-2,5-8H,3-4,19H2. The highest BCUT2D eigenvalue weighted by Crippen LogP contribution is 2.35. The molecule has 5 nitrogen and oxygen atoms in total. The molecule has 0 spiro atoms. The Labute approximate surface area is 154 Å². The number of nitrogens with two attached hydrogens (primary N) is 1. The minimum atomic E-state index is -4.05. The SMILES string of the molecule is NCCc1cn(S(=O)(=O)c2c(Cl)cc(Cl)cc2Cl)c2ncccc12. The summed E-state index contributed by atoms with van der Waals surface area (Å²) in [6, 6.07) is 6.20. The maximum absolute atomic E-state index is 13.1. The van der Waals surface area contributed by atoms with Crippen LogP contribution in [0.5, 0.6) is 0 Å². The lowest BCUT2D eigenvalue weighted by molar-refractivity contribution is 0.588. The highest BCUT2D eigenvalue weighted by molar-refractivity contribution is 7.90. The Bertz CT molecular complexity index is 1010. The quantitative estimate of drug-likeness (QED) is 0.718. The average molecular weight is 405 g/mol. The van der Waals surface area contributed by atoms with Gasteiger partial charge in [0.05, 0.1) is 10.0 Å². The second-order valence-corrected chi connectivity index (χ2v) is 8.07. The highest BCUT2D eigenvalue weighted by Gasteiger charge is 2.27. The Kier molecular flexibility index (Phi) is 4.77. The number of pyridine rings is 1. The molecule has 2 heterocycles. The Morgan fingerprint density at radius 1 is 1.17 bits per heavy atom. The van der Waals surface area contributed by atoms with E-state index in [0.717, 1.165) is 9.54 Å². The zero-order valence-corrected chi connectivity index (χ0v) is 15.3. The summed E-state index contributed by atoms with van der Waals surface area (Å²) in [5, 5.41) is 0.868. The number of aromatic nitrogens is 2. The van der Waals surface area contributed by atoms with Crippen molar-refractivity contribution >= 4 is 55.9 Å². The van der Waals surface area contributed by atoms with Crippen molar-refractivity contribution in [2.24, 2.45) is 5.73 Å². The lowest BCUT2D eigenvalue weighted by Crippen LogP contribution is -2.14. The first kappa shape index (κ1) is 17.5. The largest absolute Gasteiger partial charge is 0.330 e. The number of halogens is 3. The van der Waals surface area contributed by atoms with Crippen LogP contribution in [0.15, 0.2) is 41.6 Å². The normalized spacial score (nSPS) is 12.0. The third-order valence-corrected chi connectivity index (χ3v) is 6.30. The first-order chi connectivity index (χ1) is 11.4. The first-order valence-electron chi connectivity index (χ1n) is 6.91. The molecule has 0 fully saturated rings. The van der Waals surface area contributed by atoms with E-state index in [9.17, 15) is 8.42 Å². The molecule has 2 aromatic heterocycles. The summed E-state index contributed by atoms with van der Waals surface area (Å²) >= 11 is 18.0. The Balaban J connectivity index is 2.31. The minimum absolute atomic E-state index is 0.0503. The van der Waals surface area contributed by atoms with Crippen LogP contribution in [-0.2, 0) is 16.4 Å². The summed E-state index contributed by atoms with van der Waals surface area (Å²) in [6.07, 6.45) is 3.54. The molecule has 0 aliphatic carbocycles. The molecule has 24 heavy (non-hydrogen) atoms. The Morgan fingerprint density at radius 3 is 2.46 bits per heavy atom. The zero-order chi connectivity index (χ0) is 17.5. The summed E-state index contributed by atoms with van der Waals surface area (Å²) in [4.78, 5) is 3.97. The van der Waals surface area contributed by atoms with Crippen molar-refractivity contribution in [2.45, 2.75) is 11.3 Å². The Hall–Kier alpha value is -1.31. The number of hydrogen-bond donors (Lipinski definition) is 1. The van der Waals surface area contributed by atoms with Crippen molar-refractivity contribution < 1.29 is 8.42 Å². The average Bonchev–Trinajstić information content (AvgIpc) is 2.86. The topological polar surface area (TPSA) is 78.0 Å². The van der Waals surface area contributed by atoms with Crippen LogP contribution >= 0.6 is 34.8 Å². The van der Waals surface area contributed by atoms with Crippen molar-refractivity contribution in [3.63, 3.8) is 0 Å². The van der Waals surface area contributed by atoms with E-state index in [2.05, 4.69) is 4.98 Å². The molecule has 0 saturated carbocycles. The Morgan fingerprint density at radius 2 is 1.83 bits per heavy atom. The van der Waals surface area contributed by atoms with E-state index in [4.69, 9.17) is 40.5 Å². The molecule has 126 valence electrons. The van der Waals surface area contributed by atoms with Crippen LogP contribution < -0.4 is 5.73 Å². The maximum atomic E-state index is 13.1. The lowest BCUT2D eigenvalue weighted by atomic mass is 10.2. The molecule has 1 aromatic carbocycles. The number of hydrogen-bond acceptors (Lipinski definition) is 4. The molecule has 0 aliphatic heterocycles. The van der Waals surface area contributed by atoms with Crippen molar-refractivity contribution in [3.8, 4) is 0 Å². The number of nitrogens with zero attached hydrogens (tertiary/aromatic N) is 2. The second kappa shape index (κ2) is 6.54. The molecule has 3 aromatic rings. The molecule has 3 rings (SSSR count). The van der Waals surface area contributed by atoms with Crippen LogP contribution in [0.2, 0.25) is 15.1 Å². The predicted molar refractivity (Wildman–Crippen MR) is 96.5 cm³/mol. The summed E-state index contributed by atoms with van der Waals surface area (Å²) < 4.78 is 27.3. The van der Waals surface area contributed by atoms with Crippen LogP contribution in [0, 0.1) is 0 Å². The van der Waals surface area contributed by atoms with E-state index >= 15 is 0 Å². The van der Waals surface area contributed by atoms with Crippen LogP contribution in [-0.4, -0.2) is 23.9 Å². The lowest BCUT2D eigenvalue weighted by Gasteiger charge is -2.10. The zero-order valence-electron chi connectivity index (χ0n) is 12.2. The van der Waals surface area contributed by atoms with E-state index in [-0.39, 0.29) is 20.0 Å². The monoisotopic (exact) mass is 403 g/mol. The molecule has 0 saturated heterocycles. The summed E-state index contributed by atoms with van der Waals surface area (Å²) in [6.45, 7) is 0.385. The first-order valence-corrected chi connectivity index (χ1v) is 9.49. The fourth-order valence-corrected chi connectivity index (χ4v) is 5.36. The molecular formula is C15H12Cl3N3O2S. The molecule has 0 atom stereocenters. The van der Waals surface area contributed by atoms with Crippen molar-refractivity contribution in [3.05, 3.63) is 57.3 Å². The molecule has 0 amide bonds. The van der Waals surface area contributed by atoms with Gasteiger partial charge in [-0.2, -0.15) is 0 Å².